The minimum Gasteiger partial charge on any atom is -0.332 e. The Morgan fingerprint density at radius 2 is 1.86 bits per heavy atom. The molecule has 2 heterocycles. The third-order valence-electron chi connectivity index (χ3n) is 4.14. The van der Waals surface area contributed by atoms with E-state index < -0.39 is 17.4 Å². The highest BCUT2D eigenvalue weighted by Crippen LogP contribution is 2.15. The van der Waals surface area contributed by atoms with E-state index in [9.17, 15) is 14.4 Å². The monoisotopic (exact) mass is 376 g/mol. The number of hydrogen-bond acceptors (Lipinski definition) is 4. The number of H-pyrrole nitrogens is 1. The Labute approximate surface area is 162 Å². The smallest absolute Gasteiger partial charge is 0.261 e. The second-order valence-electron chi connectivity index (χ2n) is 6.41. The van der Waals surface area contributed by atoms with Crippen LogP contribution in [0, 0.1) is 6.92 Å². The zero-order valence-corrected chi connectivity index (χ0v) is 15.6. The van der Waals surface area contributed by atoms with Crippen LogP contribution in [0.4, 0.5) is 5.82 Å². The molecule has 0 unspecified atom stereocenters. The zero-order valence-electron chi connectivity index (χ0n) is 15.6. The van der Waals surface area contributed by atoms with Gasteiger partial charge >= 0.3 is 0 Å². The minimum absolute atomic E-state index is 0.0244. The lowest BCUT2D eigenvalue weighted by molar-refractivity contribution is -0.116. The molecule has 7 heteroatoms. The number of nitrogens with one attached hydrogen (secondary N) is 2. The molecule has 0 aliphatic carbocycles. The molecule has 2 N–H and O–H groups in total. The van der Waals surface area contributed by atoms with Crippen molar-refractivity contribution in [2.24, 2.45) is 0 Å². The number of anilines is 1. The van der Waals surface area contributed by atoms with Crippen LogP contribution < -0.4 is 10.9 Å². The Morgan fingerprint density at radius 1 is 1.11 bits per heavy atom. The van der Waals surface area contributed by atoms with Crippen molar-refractivity contribution in [2.75, 3.05) is 18.9 Å². The third kappa shape index (κ3) is 4.50. The second kappa shape index (κ2) is 8.30. The van der Waals surface area contributed by atoms with Crippen molar-refractivity contribution in [2.45, 2.75) is 6.92 Å². The summed E-state index contributed by atoms with van der Waals surface area (Å²) >= 11 is 0. The summed E-state index contributed by atoms with van der Waals surface area (Å²) in [6.45, 7) is 1.69. The zero-order chi connectivity index (χ0) is 20.1. The molecule has 3 aromatic rings. The van der Waals surface area contributed by atoms with E-state index in [2.05, 4.69) is 15.3 Å². The summed E-state index contributed by atoms with van der Waals surface area (Å²) in [6, 6.07) is 16.0. The number of hydrogen-bond donors (Lipinski definition) is 2. The van der Waals surface area contributed by atoms with E-state index in [4.69, 9.17) is 0 Å². The van der Waals surface area contributed by atoms with E-state index in [-0.39, 0.29) is 12.1 Å². The molecule has 7 nitrogen and oxygen atoms in total. The molecule has 0 bridgehead atoms. The van der Waals surface area contributed by atoms with Crippen LogP contribution in [0.25, 0.3) is 11.3 Å². The summed E-state index contributed by atoms with van der Waals surface area (Å²) in [5.74, 6) is -0.518. The van der Waals surface area contributed by atoms with Crippen molar-refractivity contribution in [1.82, 2.24) is 14.9 Å². The van der Waals surface area contributed by atoms with Crippen LogP contribution in [0.15, 0.2) is 65.6 Å². The van der Waals surface area contributed by atoms with Gasteiger partial charge in [-0.2, -0.15) is 0 Å². The van der Waals surface area contributed by atoms with Crippen LogP contribution >= 0.6 is 0 Å². The van der Waals surface area contributed by atoms with Gasteiger partial charge in [-0.25, -0.2) is 4.98 Å². The molecular weight excluding hydrogens is 356 g/mol. The maximum absolute atomic E-state index is 12.6. The summed E-state index contributed by atoms with van der Waals surface area (Å²) < 4.78 is 0. The third-order valence-corrected chi connectivity index (χ3v) is 4.14. The Bertz CT molecular complexity index is 1060. The fourth-order valence-corrected chi connectivity index (χ4v) is 2.71. The predicted molar refractivity (Wildman–Crippen MR) is 107 cm³/mol. The van der Waals surface area contributed by atoms with Crippen molar-refractivity contribution >= 4 is 17.6 Å². The predicted octanol–water partition coefficient (Wildman–Crippen LogP) is 2.46. The first-order valence-electron chi connectivity index (χ1n) is 8.71. The largest absolute Gasteiger partial charge is 0.332 e. The van der Waals surface area contributed by atoms with Crippen LogP contribution in [0.1, 0.15) is 15.9 Å². The topological polar surface area (TPSA) is 95.2 Å². The van der Waals surface area contributed by atoms with E-state index in [0.717, 1.165) is 11.1 Å². The van der Waals surface area contributed by atoms with Crippen molar-refractivity contribution < 1.29 is 9.59 Å². The molecular formula is C21H20N4O3. The molecule has 2 aromatic heterocycles. The molecule has 0 radical (unpaired) electrons. The van der Waals surface area contributed by atoms with Crippen molar-refractivity contribution in [1.29, 1.82) is 0 Å². The van der Waals surface area contributed by atoms with E-state index >= 15 is 0 Å². The standard InChI is InChI=1S/C21H20N4O3/c1-14-10-11-22-18(12-14)24-19(26)13-25(2)21(28)16-8-9-17(23-20(16)27)15-6-4-3-5-7-15/h3-12H,13H2,1-2H3,(H,23,27)(H,22,24,26). The van der Waals surface area contributed by atoms with E-state index in [1.54, 1.807) is 18.3 Å². The summed E-state index contributed by atoms with van der Waals surface area (Å²) in [5, 5.41) is 2.64. The van der Waals surface area contributed by atoms with Crippen LogP contribution in [-0.2, 0) is 4.79 Å². The molecule has 2 amide bonds. The normalized spacial score (nSPS) is 10.4. The first-order chi connectivity index (χ1) is 13.4. The number of aromatic amines is 1. The molecule has 1 aromatic carbocycles. The highest BCUT2D eigenvalue weighted by Gasteiger charge is 2.18. The van der Waals surface area contributed by atoms with Crippen molar-refractivity contribution in [3.05, 3.63) is 82.3 Å². The van der Waals surface area contributed by atoms with Gasteiger partial charge in [-0.1, -0.05) is 30.3 Å². The average molecular weight is 376 g/mol. The van der Waals surface area contributed by atoms with Crippen molar-refractivity contribution in [3.8, 4) is 11.3 Å². The number of aryl methyl sites for hydroxylation is 1. The Hall–Kier alpha value is -3.74. The van der Waals surface area contributed by atoms with Gasteiger partial charge in [-0.3, -0.25) is 14.4 Å². The van der Waals surface area contributed by atoms with E-state index in [1.807, 2.05) is 43.3 Å². The van der Waals surface area contributed by atoms with Gasteiger partial charge in [0.1, 0.15) is 11.4 Å². The molecule has 0 fully saturated rings. The van der Waals surface area contributed by atoms with Crippen LogP contribution in [0.2, 0.25) is 0 Å². The molecule has 28 heavy (non-hydrogen) atoms. The number of carbonyl (C=O) groups excluding carboxylic acids is 2. The van der Waals surface area contributed by atoms with Gasteiger partial charge < -0.3 is 15.2 Å². The molecule has 0 saturated carbocycles. The lowest BCUT2D eigenvalue weighted by Gasteiger charge is -2.16. The Morgan fingerprint density at radius 3 is 2.54 bits per heavy atom. The van der Waals surface area contributed by atoms with E-state index in [1.165, 1.54) is 18.0 Å². The molecule has 0 aliphatic rings. The quantitative estimate of drug-likeness (QED) is 0.715. The van der Waals surface area contributed by atoms with Gasteiger partial charge in [0, 0.05) is 18.9 Å². The lowest BCUT2D eigenvalue weighted by atomic mass is 10.1. The van der Waals surface area contributed by atoms with Gasteiger partial charge in [0.2, 0.25) is 5.91 Å². The summed E-state index contributed by atoms with van der Waals surface area (Å²) in [6.07, 6.45) is 1.59. The number of pyridine rings is 2. The summed E-state index contributed by atoms with van der Waals surface area (Å²) in [4.78, 5) is 45.0. The SMILES string of the molecule is Cc1ccnc(NC(=O)CN(C)C(=O)c2ccc(-c3ccccc3)[nH]c2=O)c1. The molecule has 3 rings (SSSR count). The number of nitrogens with zero attached hydrogens (tertiary/aromatic N) is 2. The number of benzene rings is 1. The van der Waals surface area contributed by atoms with Gasteiger partial charge in [0.05, 0.1) is 6.54 Å². The number of likely N-dealkylation sites (N-methyl/N-ethyl adjacent to an activating group) is 1. The molecule has 0 saturated heterocycles. The van der Waals surface area contributed by atoms with Gasteiger partial charge in [0.15, 0.2) is 0 Å². The first kappa shape index (κ1) is 19.0. The highest BCUT2D eigenvalue weighted by atomic mass is 16.2. The van der Waals surface area contributed by atoms with Crippen LogP contribution in [0.5, 0.6) is 0 Å². The lowest BCUT2D eigenvalue weighted by Crippen LogP contribution is -2.37. The minimum atomic E-state index is -0.534. The van der Waals surface area contributed by atoms with Crippen LogP contribution in [-0.4, -0.2) is 40.3 Å². The molecule has 142 valence electrons. The molecule has 0 atom stereocenters. The number of carbonyl (C=O) groups is 2. The summed E-state index contributed by atoms with van der Waals surface area (Å²) in [5.41, 5.74) is 1.90. The fraction of sp³-hybridized carbons (Fsp3) is 0.143. The molecule has 0 aliphatic heterocycles. The molecule has 0 spiro atoms. The maximum atomic E-state index is 12.6. The van der Waals surface area contributed by atoms with Gasteiger partial charge in [0.25, 0.3) is 11.5 Å². The van der Waals surface area contributed by atoms with Gasteiger partial charge in [-0.15, -0.1) is 0 Å². The Kier molecular flexibility index (Phi) is 5.64. The number of rotatable bonds is 5. The Balaban J connectivity index is 1.69. The highest BCUT2D eigenvalue weighted by molar-refractivity contribution is 5.98. The van der Waals surface area contributed by atoms with Crippen molar-refractivity contribution in [3.63, 3.8) is 0 Å². The fourth-order valence-electron chi connectivity index (χ4n) is 2.71. The van der Waals surface area contributed by atoms with Gasteiger partial charge in [-0.05, 0) is 42.3 Å². The first-order valence-corrected chi connectivity index (χ1v) is 8.71. The number of amides is 2. The number of aromatic nitrogens is 2. The van der Waals surface area contributed by atoms with E-state index in [0.29, 0.717) is 11.5 Å². The summed E-state index contributed by atoms with van der Waals surface area (Å²) in [7, 11) is 1.47. The average Bonchev–Trinajstić information content (AvgIpc) is 2.68. The van der Waals surface area contributed by atoms with Crippen LogP contribution in [0.3, 0.4) is 0 Å². The second-order valence-corrected chi connectivity index (χ2v) is 6.41. The maximum Gasteiger partial charge on any atom is 0.261 e.